The second-order valence-corrected chi connectivity index (χ2v) is 4.53. The SMILES string of the molecule is O=C(O)N1CCN(c2ncc(C(F)(F)F)cn2)[C@H](CO)C1. The van der Waals surface area contributed by atoms with Crippen molar-refractivity contribution in [3.8, 4) is 0 Å². The fraction of sp³-hybridized carbons (Fsp3) is 0.545. The van der Waals surface area contributed by atoms with Crippen molar-refractivity contribution < 1.29 is 28.2 Å². The smallest absolute Gasteiger partial charge is 0.419 e. The van der Waals surface area contributed by atoms with E-state index in [9.17, 15) is 23.1 Å². The lowest BCUT2D eigenvalue weighted by atomic mass is 10.2. The first kappa shape index (κ1) is 15.3. The molecule has 10 heteroatoms. The van der Waals surface area contributed by atoms with Gasteiger partial charge in [0.2, 0.25) is 5.95 Å². The Morgan fingerprint density at radius 2 is 1.95 bits per heavy atom. The van der Waals surface area contributed by atoms with E-state index in [-0.39, 0.29) is 32.2 Å². The van der Waals surface area contributed by atoms with E-state index in [0.717, 1.165) is 4.90 Å². The maximum atomic E-state index is 12.4. The molecule has 0 radical (unpaired) electrons. The number of alkyl halides is 3. The topological polar surface area (TPSA) is 89.8 Å². The summed E-state index contributed by atoms with van der Waals surface area (Å²) in [4.78, 5) is 20.8. The molecule has 0 aromatic carbocycles. The number of hydrogen-bond acceptors (Lipinski definition) is 5. The van der Waals surface area contributed by atoms with E-state index in [1.165, 1.54) is 4.90 Å². The van der Waals surface area contributed by atoms with Gasteiger partial charge < -0.3 is 20.0 Å². The van der Waals surface area contributed by atoms with Gasteiger partial charge in [0.25, 0.3) is 0 Å². The zero-order chi connectivity index (χ0) is 15.6. The number of hydrogen-bond donors (Lipinski definition) is 2. The summed E-state index contributed by atoms with van der Waals surface area (Å²) in [5, 5.41) is 18.2. The Labute approximate surface area is 117 Å². The minimum absolute atomic E-state index is 0.0343. The molecule has 0 saturated carbocycles. The first-order valence-corrected chi connectivity index (χ1v) is 6.07. The number of halogens is 3. The largest absolute Gasteiger partial charge is 0.465 e. The Balaban J connectivity index is 2.16. The number of amides is 1. The maximum absolute atomic E-state index is 12.4. The predicted molar refractivity (Wildman–Crippen MR) is 64.9 cm³/mol. The van der Waals surface area contributed by atoms with Crippen LogP contribution in [0.2, 0.25) is 0 Å². The van der Waals surface area contributed by atoms with Crippen molar-refractivity contribution in [2.75, 3.05) is 31.1 Å². The number of piperazine rings is 1. The summed E-state index contributed by atoms with van der Waals surface area (Å²) in [5.41, 5.74) is -0.962. The first-order valence-electron chi connectivity index (χ1n) is 6.07. The van der Waals surface area contributed by atoms with Gasteiger partial charge in [0.05, 0.1) is 18.2 Å². The van der Waals surface area contributed by atoms with Gasteiger partial charge >= 0.3 is 12.3 Å². The third-order valence-electron chi connectivity index (χ3n) is 3.19. The monoisotopic (exact) mass is 306 g/mol. The van der Waals surface area contributed by atoms with Gasteiger partial charge in [-0.1, -0.05) is 0 Å². The van der Waals surface area contributed by atoms with Crippen molar-refractivity contribution in [1.29, 1.82) is 0 Å². The summed E-state index contributed by atoms with van der Waals surface area (Å²) < 4.78 is 37.3. The Hall–Kier alpha value is -2.10. The number of aromatic nitrogens is 2. The Morgan fingerprint density at radius 3 is 2.43 bits per heavy atom. The zero-order valence-electron chi connectivity index (χ0n) is 10.8. The molecule has 0 bridgehead atoms. The molecule has 1 aromatic rings. The van der Waals surface area contributed by atoms with E-state index in [1.807, 2.05) is 0 Å². The fourth-order valence-electron chi connectivity index (χ4n) is 2.06. The van der Waals surface area contributed by atoms with Gasteiger partial charge in [0, 0.05) is 32.0 Å². The summed E-state index contributed by atoms with van der Waals surface area (Å²) >= 11 is 0. The van der Waals surface area contributed by atoms with Crippen LogP contribution in [0.25, 0.3) is 0 Å². The van der Waals surface area contributed by atoms with Crippen LogP contribution in [0.5, 0.6) is 0 Å². The lowest BCUT2D eigenvalue weighted by molar-refractivity contribution is -0.138. The molecule has 1 saturated heterocycles. The highest BCUT2D eigenvalue weighted by Gasteiger charge is 2.33. The molecule has 1 aliphatic heterocycles. The average molecular weight is 306 g/mol. The standard InChI is InChI=1S/C11H13F3N4O3/c12-11(13,14)7-3-15-9(16-4-7)18-2-1-17(10(20)21)5-8(18)6-19/h3-4,8,19H,1-2,5-6H2,(H,20,21)/t8-/m0/s1. The number of carbonyl (C=O) groups is 1. The Bertz CT molecular complexity index is 508. The van der Waals surface area contributed by atoms with E-state index >= 15 is 0 Å². The molecule has 0 spiro atoms. The molecule has 1 fully saturated rings. The molecule has 0 unspecified atom stereocenters. The zero-order valence-corrected chi connectivity index (χ0v) is 10.8. The van der Waals surface area contributed by atoms with Gasteiger partial charge in [-0.2, -0.15) is 13.2 Å². The minimum Gasteiger partial charge on any atom is -0.465 e. The molecule has 2 heterocycles. The van der Waals surface area contributed by atoms with Crippen LogP contribution >= 0.6 is 0 Å². The second-order valence-electron chi connectivity index (χ2n) is 4.53. The van der Waals surface area contributed by atoms with E-state index in [4.69, 9.17) is 5.11 Å². The quantitative estimate of drug-likeness (QED) is 0.834. The number of carboxylic acid groups (broad SMARTS) is 1. The van der Waals surface area contributed by atoms with E-state index < -0.39 is 23.9 Å². The van der Waals surface area contributed by atoms with Crippen LogP contribution in [0.1, 0.15) is 5.56 Å². The summed E-state index contributed by atoms with van der Waals surface area (Å²) in [6, 6.07) is -0.591. The van der Waals surface area contributed by atoms with Crippen molar-refractivity contribution in [2.45, 2.75) is 12.2 Å². The summed E-state index contributed by atoms with van der Waals surface area (Å²) in [6.07, 6.45) is -4.29. The molecule has 7 nitrogen and oxygen atoms in total. The van der Waals surface area contributed by atoms with Gasteiger partial charge in [-0.3, -0.25) is 0 Å². The lowest BCUT2D eigenvalue weighted by Gasteiger charge is -2.39. The van der Waals surface area contributed by atoms with Crippen LogP contribution in [-0.4, -0.2) is 63.5 Å². The molecule has 2 rings (SSSR count). The van der Waals surface area contributed by atoms with Gasteiger partial charge in [-0.15, -0.1) is 0 Å². The van der Waals surface area contributed by atoms with Crippen molar-refractivity contribution in [1.82, 2.24) is 14.9 Å². The minimum atomic E-state index is -4.52. The molecule has 1 amide bonds. The van der Waals surface area contributed by atoms with Crippen LogP contribution in [0.4, 0.5) is 23.9 Å². The Kier molecular flexibility index (Phi) is 4.16. The molecule has 1 aromatic heterocycles. The molecule has 1 aliphatic rings. The molecule has 2 N–H and O–H groups in total. The van der Waals surface area contributed by atoms with Gasteiger partial charge in [0.1, 0.15) is 0 Å². The third kappa shape index (κ3) is 3.32. The number of nitrogens with zero attached hydrogens (tertiary/aromatic N) is 4. The number of rotatable bonds is 2. The average Bonchev–Trinajstić information content (AvgIpc) is 2.45. The van der Waals surface area contributed by atoms with Gasteiger partial charge in [-0.05, 0) is 0 Å². The number of anilines is 1. The molecule has 1 atom stereocenters. The highest BCUT2D eigenvalue weighted by molar-refractivity contribution is 5.65. The van der Waals surface area contributed by atoms with Crippen molar-refractivity contribution in [3.63, 3.8) is 0 Å². The van der Waals surface area contributed by atoms with Crippen LogP contribution < -0.4 is 4.90 Å². The highest BCUT2D eigenvalue weighted by Crippen LogP contribution is 2.28. The normalized spacial score (nSPS) is 19.7. The maximum Gasteiger partial charge on any atom is 0.419 e. The van der Waals surface area contributed by atoms with Crippen LogP contribution in [-0.2, 0) is 6.18 Å². The summed E-state index contributed by atoms with van der Waals surface area (Å²) in [6.45, 7) is 0.0451. The van der Waals surface area contributed by atoms with Crippen molar-refractivity contribution in [2.24, 2.45) is 0 Å². The number of aliphatic hydroxyl groups is 1. The van der Waals surface area contributed by atoms with Crippen LogP contribution in [0.15, 0.2) is 12.4 Å². The van der Waals surface area contributed by atoms with E-state index in [0.29, 0.717) is 12.4 Å². The third-order valence-corrected chi connectivity index (χ3v) is 3.19. The van der Waals surface area contributed by atoms with Crippen LogP contribution in [0.3, 0.4) is 0 Å². The summed E-state index contributed by atoms with van der Waals surface area (Å²) in [5.74, 6) is 0.0343. The fourth-order valence-corrected chi connectivity index (χ4v) is 2.06. The first-order chi connectivity index (χ1) is 9.82. The number of aliphatic hydroxyl groups excluding tert-OH is 1. The molecular formula is C11H13F3N4O3. The second kappa shape index (κ2) is 5.72. The van der Waals surface area contributed by atoms with E-state index in [1.54, 1.807) is 0 Å². The molecule has 116 valence electrons. The van der Waals surface area contributed by atoms with Crippen molar-refractivity contribution >= 4 is 12.0 Å². The predicted octanol–water partition coefficient (Wildman–Crippen LogP) is 0.656. The molecular weight excluding hydrogens is 293 g/mol. The van der Waals surface area contributed by atoms with Crippen molar-refractivity contribution in [3.05, 3.63) is 18.0 Å². The van der Waals surface area contributed by atoms with Gasteiger partial charge in [-0.25, -0.2) is 14.8 Å². The summed E-state index contributed by atoms with van der Waals surface area (Å²) in [7, 11) is 0. The highest BCUT2D eigenvalue weighted by atomic mass is 19.4. The van der Waals surface area contributed by atoms with Crippen LogP contribution in [0, 0.1) is 0 Å². The Morgan fingerprint density at radius 1 is 1.33 bits per heavy atom. The lowest BCUT2D eigenvalue weighted by Crippen LogP contribution is -2.56. The van der Waals surface area contributed by atoms with Gasteiger partial charge in [0.15, 0.2) is 0 Å². The van der Waals surface area contributed by atoms with E-state index in [2.05, 4.69) is 9.97 Å². The molecule has 21 heavy (non-hydrogen) atoms. The molecule has 0 aliphatic carbocycles.